The van der Waals surface area contributed by atoms with Crippen LogP contribution in [0.3, 0.4) is 0 Å². The highest BCUT2D eigenvalue weighted by atomic mass is 15.2. The molecule has 0 fully saturated rings. The lowest BCUT2D eigenvalue weighted by atomic mass is 9.87. The van der Waals surface area contributed by atoms with Gasteiger partial charge < -0.3 is 5.73 Å². The van der Waals surface area contributed by atoms with E-state index in [1.54, 1.807) is 0 Å². The van der Waals surface area contributed by atoms with Crippen molar-refractivity contribution in [1.29, 1.82) is 0 Å². The van der Waals surface area contributed by atoms with Gasteiger partial charge in [0.05, 0.1) is 11.5 Å². The van der Waals surface area contributed by atoms with E-state index >= 15 is 0 Å². The first-order chi connectivity index (χ1) is 19.4. The van der Waals surface area contributed by atoms with Crippen LogP contribution in [0.4, 0.5) is 5.82 Å². The van der Waals surface area contributed by atoms with E-state index in [9.17, 15) is 0 Å². The Balaban J connectivity index is 1.80. The van der Waals surface area contributed by atoms with E-state index in [0.29, 0.717) is 17.7 Å². The maximum absolute atomic E-state index is 6.36. The van der Waals surface area contributed by atoms with Gasteiger partial charge in [0.1, 0.15) is 0 Å². The summed E-state index contributed by atoms with van der Waals surface area (Å²) in [5.41, 5.74) is 13.6. The topological polar surface area (TPSA) is 91.8 Å². The normalized spacial score (nSPS) is 19.7. The van der Waals surface area contributed by atoms with Gasteiger partial charge in [0, 0.05) is 49.5 Å². The van der Waals surface area contributed by atoms with E-state index in [2.05, 4.69) is 90.4 Å². The standard InChI is InChI=1S/C34H46N6/c1-6-10-31-23-34(40-39-31)38-27(5)22-30(7-2)32(15-14-28-12-9-8-11-25(3)21-28)26(4)13-16-33(35)37-24-29-17-19-36-20-18-29/h6,8,10-12,14-15,17,19-21,23,26,29H,7,9,13,16,18,22,24H2,1-5H3,(H2,35,37)(H,39,40)/b10-6+,15-14+,32-30?,38-27?. The highest BCUT2D eigenvalue weighted by Gasteiger charge is 2.14. The molecule has 2 atom stereocenters. The Morgan fingerprint density at radius 2 is 2.15 bits per heavy atom. The van der Waals surface area contributed by atoms with Gasteiger partial charge >= 0.3 is 0 Å². The van der Waals surface area contributed by atoms with Crippen LogP contribution in [0.15, 0.2) is 98.1 Å². The molecule has 0 radical (unpaired) electrons. The Bertz CT molecular complexity index is 1290. The van der Waals surface area contributed by atoms with Gasteiger partial charge in [0.25, 0.3) is 0 Å². The molecule has 0 bridgehead atoms. The first kappa shape index (κ1) is 30.7. The lowest BCUT2D eigenvalue weighted by molar-refractivity contribution is 0.628. The largest absolute Gasteiger partial charge is 0.387 e. The van der Waals surface area contributed by atoms with Crippen LogP contribution in [-0.4, -0.2) is 34.5 Å². The molecule has 40 heavy (non-hydrogen) atoms. The van der Waals surface area contributed by atoms with Crippen molar-refractivity contribution in [3.8, 4) is 0 Å². The molecule has 3 N–H and O–H groups in total. The first-order valence-electron chi connectivity index (χ1n) is 14.5. The lowest BCUT2D eigenvalue weighted by Gasteiger charge is -2.19. The molecule has 2 heterocycles. The number of amidine groups is 1. The molecular weight excluding hydrogens is 492 g/mol. The van der Waals surface area contributed by atoms with Crippen molar-refractivity contribution in [3.05, 3.63) is 88.9 Å². The quantitative estimate of drug-likeness (QED) is 0.150. The number of H-pyrrole nitrogens is 1. The Kier molecular flexibility index (Phi) is 12.6. The molecular formula is C34H46N6. The molecule has 0 amide bonds. The van der Waals surface area contributed by atoms with E-state index in [4.69, 9.17) is 10.7 Å². The fraction of sp³-hybridized carbons (Fsp3) is 0.412. The molecule has 0 spiro atoms. The summed E-state index contributed by atoms with van der Waals surface area (Å²) in [6.07, 6.45) is 28.7. The van der Waals surface area contributed by atoms with Crippen molar-refractivity contribution in [2.45, 2.75) is 73.1 Å². The number of hydrogen-bond acceptors (Lipinski definition) is 4. The van der Waals surface area contributed by atoms with Crippen molar-refractivity contribution < 1.29 is 0 Å². The summed E-state index contributed by atoms with van der Waals surface area (Å²) in [5, 5.41) is 7.38. The van der Waals surface area contributed by atoms with Gasteiger partial charge in [-0.3, -0.25) is 15.1 Å². The average molecular weight is 539 g/mol. The minimum Gasteiger partial charge on any atom is -0.387 e. The first-order valence-corrected chi connectivity index (χ1v) is 14.5. The maximum atomic E-state index is 6.36. The van der Waals surface area contributed by atoms with Crippen LogP contribution in [0.5, 0.6) is 0 Å². The third kappa shape index (κ3) is 10.4. The summed E-state index contributed by atoms with van der Waals surface area (Å²) >= 11 is 0. The molecule has 1 aliphatic heterocycles. The predicted octanol–water partition coefficient (Wildman–Crippen LogP) is 8.40. The maximum Gasteiger partial charge on any atom is 0.174 e. The number of aromatic nitrogens is 2. The molecule has 6 heteroatoms. The summed E-state index contributed by atoms with van der Waals surface area (Å²) in [6.45, 7) is 11.5. The summed E-state index contributed by atoms with van der Waals surface area (Å²) < 4.78 is 0. The van der Waals surface area contributed by atoms with Crippen LogP contribution in [0.2, 0.25) is 0 Å². The minimum absolute atomic E-state index is 0.329. The predicted molar refractivity (Wildman–Crippen MR) is 173 cm³/mol. The van der Waals surface area contributed by atoms with Crippen molar-refractivity contribution in [1.82, 2.24) is 10.2 Å². The average Bonchev–Trinajstić information content (AvgIpc) is 3.27. The lowest BCUT2D eigenvalue weighted by Crippen LogP contribution is -2.16. The number of aliphatic imine (C=N–C) groups is 3. The summed E-state index contributed by atoms with van der Waals surface area (Å²) in [5.74, 6) is 2.17. The van der Waals surface area contributed by atoms with Gasteiger partial charge in [-0.1, -0.05) is 73.6 Å². The van der Waals surface area contributed by atoms with Crippen LogP contribution >= 0.6 is 0 Å². The zero-order valence-corrected chi connectivity index (χ0v) is 24.9. The van der Waals surface area contributed by atoms with Gasteiger partial charge in [-0.05, 0) is 69.6 Å². The number of nitrogens with zero attached hydrogens (tertiary/aromatic N) is 4. The van der Waals surface area contributed by atoms with Crippen LogP contribution in [0, 0.1) is 11.8 Å². The van der Waals surface area contributed by atoms with E-state index in [1.807, 2.05) is 37.6 Å². The Hall–Kier alpha value is -3.80. The van der Waals surface area contributed by atoms with Crippen LogP contribution in [0.1, 0.15) is 78.8 Å². The third-order valence-corrected chi connectivity index (χ3v) is 7.11. The molecule has 2 aliphatic rings. The van der Waals surface area contributed by atoms with Gasteiger partial charge in [-0.2, -0.15) is 5.10 Å². The second-order valence-corrected chi connectivity index (χ2v) is 10.6. The van der Waals surface area contributed by atoms with Crippen molar-refractivity contribution in [2.24, 2.45) is 32.5 Å². The molecule has 1 aromatic rings. The zero-order chi connectivity index (χ0) is 28.7. The van der Waals surface area contributed by atoms with E-state index < -0.39 is 0 Å². The van der Waals surface area contributed by atoms with Gasteiger partial charge in [-0.15, -0.1) is 0 Å². The van der Waals surface area contributed by atoms with Crippen LogP contribution < -0.4 is 5.73 Å². The molecule has 212 valence electrons. The Morgan fingerprint density at radius 1 is 1.30 bits per heavy atom. The fourth-order valence-corrected chi connectivity index (χ4v) is 4.86. The molecule has 0 saturated heterocycles. The van der Waals surface area contributed by atoms with Crippen LogP contribution in [-0.2, 0) is 0 Å². The number of nitrogens with one attached hydrogen (secondary N) is 1. The number of rotatable bonds is 13. The SMILES string of the molecule is C/C=C/c1cc(N=C(C)CC(CC)=C(/C=C/C2=CCC=CC(C)=C2)C(C)CCC(N)=NCC2C=CN=CC2)n[nH]1. The van der Waals surface area contributed by atoms with Crippen LogP contribution in [0.25, 0.3) is 6.08 Å². The van der Waals surface area contributed by atoms with Gasteiger partial charge in [0.2, 0.25) is 0 Å². The minimum atomic E-state index is 0.329. The van der Waals surface area contributed by atoms with E-state index in [0.717, 1.165) is 62.3 Å². The number of nitrogens with two attached hydrogens (primary N) is 1. The number of hydrogen-bond donors (Lipinski definition) is 2. The molecule has 3 rings (SSSR count). The number of allylic oxidation sites excluding steroid dienone is 11. The highest BCUT2D eigenvalue weighted by molar-refractivity contribution is 5.86. The van der Waals surface area contributed by atoms with Crippen molar-refractivity contribution >= 4 is 29.7 Å². The monoisotopic (exact) mass is 538 g/mol. The second kappa shape index (κ2) is 16.3. The zero-order valence-electron chi connectivity index (χ0n) is 24.9. The molecule has 2 unspecified atom stereocenters. The summed E-state index contributed by atoms with van der Waals surface area (Å²) in [6, 6.07) is 1.97. The third-order valence-electron chi connectivity index (χ3n) is 7.11. The van der Waals surface area contributed by atoms with Gasteiger partial charge in [-0.25, -0.2) is 4.99 Å². The van der Waals surface area contributed by atoms with Gasteiger partial charge in [0.15, 0.2) is 5.82 Å². The number of aromatic amines is 1. The fourth-order valence-electron chi connectivity index (χ4n) is 4.86. The van der Waals surface area contributed by atoms with Crippen molar-refractivity contribution in [3.63, 3.8) is 0 Å². The van der Waals surface area contributed by atoms with Crippen molar-refractivity contribution in [2.75, 3.05) is 6.54 Å². The summed E-state index contributed by atoms with van der Waals surface area (Å²) in [4.78, 5) is 13.6. The summed E-state index contributed by atoms with van der Waals surface area (Å²) in [7, 11) is 0. The highest BCUT2D eigenvalue weighted by Crippen LogP contribution is 2.28. The molecule has 0 saturated carbocycles. The molecule has 1 aromatic heterocycles. The molecule has 0 aromatic carbocycles. The second-order valence-electron chi connectivity index (χ2n) is 10.6. The van der Waals surface area contributed by atoms with E-state index in [-0.39, 0.29) is 0 Å². The Labute approximate surface area is 240 Å². The Morgan fingerprint density at radius 3 is 2.90 bits per heavy atom. The molecule has 6 nitrogen and oxygen atoms in total. The van der Waals surface area contributed by atoms with E-state index in [1.165, 1.54) is 22.3 Å². The smallest absolute Gasteiger partial charge is 0.174 e. The molecule has 1 aliphatic carbocycles.